The molecule has 0 aliphatic carbocycles. The van der Waals surface area contributed by atoms with Gasteiger partial charge in [-0.05, 0) is 60.6 Å². The number of thioether (sulfide) groups is 1. The number of rotatable bonds is 8. The Morgan fingerprint density at radius 3 is 2.68 bits per heavy atom. The van der Waals surface area contributed by atoms with Crippen molar-refractivity contribution in [1.29, 1.82) is 0 Å². The molecule has 19 heavy (non-hydrogen) atoms. The van der Waals surface area contributed by atoms with E-state index in [0.29, 0.717) is 0 Å². The molecule has 0 aliphatic rings. The summed E-state index contributed by atoms with van der Waals surface area (Å²) in [5.74, 6) is 0.759. The maximum absolute atomic E-state index is 11.3. The lowest BCUT2D eigenvalue weighted by Gasteiger charge is -2.25. The van der Waals surface area contributed by atoms with Crippen molar-refractivity contribution in [2.75, 3.05) is 12.8 Å². The fourth-order valence-corrected chi connectivity index (χ4v) is 3.27. The summed E-state index contributed by atoms with van der Waals surface area (Å²) in [7, 11) is 1.78. The van der Waals surface area contributed by atoms with Crippen LogP contribution in [0.3, 0.4) is 0 Å². The number of nitrogens with two attached hydrogens (primary N) is 1. The Morgan fingerprint density at radius 1 is 1.42 bits per heavy atom. The first-order valence-electron chi connectivity index (χ1n) is 6.36. The van der Waals surface area contributed by atoms with Crippen LogP contribution in [-0.2, 0) is 4.79 Å². The molecule has 1 rings (SSSR count). The fourth-order valence-electron chi connectivity index (χ4n) is 1.70. The van der Waals surface area contributed by atoms with Gasteiger partial charge in [-0.2, -0.15) is 0 Å². The lowest BCUT2D eigenvalue weighted by atomic mass is 9.94. The number of amides is 1. The number of hydrogen-bond donors (Lipinski definition) is 2. The number of benzene rings is 1. The summed E-state index contributed by atoms with van der Waals surface area (Å²) in [4.78, 5) is 12.6. The van der Waals surface area contributed by atoms with Crippen LogP contribution in [0.15, 0.2) is 33.6 Å². The van der Waals surface area contributed by atoms with Crippen molar-refractivity contribution in [2.45, 2.75) is 36.6 Å². The molecular weight excluding hydrogens is 324 g/mol. The second-order valence-corrected chi connectivity index (χ2v) is 6.67. The summed E-state index contributed by atoms with van der Waals surface area (Å²) in [6, 6.07) is 8.21. The quantitative estimate of drug-likeness (QED) is 0.562. The van der Waals surface area contributed by atoms with Gasteiger partial charge in [0.1, 0.15) is 0 Å². The molecular formula is C14H21BrN2OS. The van der Waals surface area contributed by atoms with E-state index in [4.69, 9.17) is 5.73 Å². The minimum Gasteiger partial charge on any atom is -0.368 e. The van der Waals surface area contributed by atoms with E-state index in [-0.39, 0.29) is 5.91 Å². The number of halogens is 1. The van der Waals surface area contributed by atoms with Crippen LogP contribution in [0.1, 0.15) is 26.2 Å². The molecule has 1 aromatic carbocycles. The van der Waals surface area contributed by atoms with Gasteiger partial charge in [0, 0.05) is 9.37 Å². The van der Waals surface area contributed by atoms with E-state index in [9.17, 15) is 4.79 Å². The van der Waals surface area contributed by atoms with Gasteiger partial charge in [0.05, 0.1) is 5.54 Å². The van der Waals surface area contributed by atoms with Gasteiger partial charge in [-0.1, -0.05) is 18.6 Å². The number of nitrogens with one attached hydrogen (secondary N) is 1. The fraction of sp³-hybridized carbons (Fsp3) is 0.500. The van der Waals surface area contributed by atoms with Crippen LogP contribution in [-0.4, -0.2) is 24.2 Å². The van der Waals surface area contributed by atoms with Crippen molar-refractivity contribution < 1.29 is 4.79 Å². The van der Waals surface area contributed by atoms with E-state index in [1.165, 1.54) is 4.90 Å². The Balaban J connectivity index is 2.29. The van der Waals surface area contributed by atoms with E-state index in [2.05, 4.69) is 27.3 Å². The molecule has 0 fully saturated rings. The average Bonchev–Trinajstić information content (AvgIpc) is 2.39. The van der Waals surface area contributed by atoms with Gasteiger partial charge in [0.25, 0.3) is 0 Å². The highest BCUT2D eigenvalue weighted by atomic mass is 79.9. The number of carbonyl (C=O) groups is 1. The van der Waals surface area contributed by atoms with E-state index >= 15 is 0 Å². The molecule has 0 radical (unpaired) electrons. The zero-order chi connectivity index (χ0) is 14.3. The second kappa shape index (κ2) is 7.92. The van der Waals surface area contributed by atoms with Crippen LogP contribution in [0, 0.1) is 0 Å². The predicted molar refractivity (Wildman–Crippen MR) is 85.4 cm³/mol. The first kappa shape index (κ1) is 16.5. The highest BCUT2D eigenvalue weighted by molar-refractivity contribution is 9.10. The van der Waals surface area contributed by atoms with Gasteiger partial charge in [-0.3, -0.25) is 4.79 Å². The maximum Gasteiger partial charge on any atom is 0.237 e. The van der Waals surface area contributed by atoms with Gasteiger partial charge in [0.2, 0.25) is 5.91 Å². The molecule has 0 heterocycles. The SMILES string of the molecule is CNC(C)(CCCCSc1ccccc1Br)C(N)=O. The zero-order valence-corrected chi connectivity index (χ0v) is 13.8. The zero-order valence-electron chi connectivity index (χ0n) is 11.4. The number of primary amides is 1. The first-order chi connectivity index (χ1) is 8.99. The number of unbranched alkanes of at least 4 members (excludes halogenated alkanes) is 1. The number of carbonyl (C=O) groups excluding carboxylic acids is 1. The van der Waals surface area contributed by atoms with Crippen LogP contribution in [0.25, 0.3) is 0 Å². The average molecular weight is 345 g/mol. The van der Waals surface area contributed by atoms with E-state index < -0.39 is 5.54 Å². The minimum atomic E-state index is -0.585. The molecule has 1 unspecified atom stereocenters. The van der Waals surface area contributed by atoms with Crippen molar-refractivity contribution >= 4 is 33.6 Å². The summed E-state index contributed by atoms with van der Waals surface area (Å²) in [5, 5.41) is 3.01. The van der Waals surface area contributed by atoms with Crippen molar-refractivity contribution in [3.8, 4) is 0 Å². The Hall–Kier alpha value is -0.520. The van der Waals surface area contributed by atoms with Crippen LogP contribution in [0.2, 0.25) is 0 Å². The summed E-state index contributed by atoms with van der Waals surface area (Å²) < 4.78 is 1.14. The van der Waals surface area contributed by atoms with E-state index in [1.54, 1.807) is 7.05 Å². The first-order valence-corrected chi connectivity index (χ1v) is 8.13. The summed E-state index contributed by atoms with van der Waals surface area (Å²) in [6.45, 7) is 1.86. The summed E-state index contributed by atoms with van der Waals surface area (Å²) in [5.41, 5.74) is 4.81. The van der Waals surface area contributed by atoms with Gasteiger partial charge in [-0.25, -0.2) is 0 Å². The molecule has 1 aromatic rings. The van der Waals surface area contributed by atoms with E-state index in [0.717, 1.165) is 29.5 Å². The van der Waals surface area contributed by atoms with Crippen molar-refractivity contribution in [3.05, 3.63) is 28.7 Å². The third-order valence-electron chi connectivity index (χ3n) is 3.26. The Labute approximate surface area is 127 Å². The number of hydrogen-bond acceptors (Lipinski definition) is 3. The molecule has 0 spiro atoms. The number of likely N-dealkylation sites (N-methyl/N-ethyl adjacent to an activating group) is 1. The third-order valence-corrected chi connectivity index (χ3v) is 5.37. The molecule has 0 saturated heterocycles. The Kier molecular flexibility index (Phi) is 6.89. The molecule has 3 nitrogen and oxygen atoms in total. The molecule has 3 N–H and O–H groups in total. The molecule has 0 aromatic heterocycles. The topological polar surface area (TPSA) is 55.1 Å². The lowest BCUT2D eigenvalue weighted by Crippen LogP contribution is -2.51. The monoisotopic (exact) mass is 344 g/mol. The van der Waals surface area contributed by atoms with E-state index in [1.807, 2.05) is 36.9 Å². The normalized spacial score (nSPS) is 14.1. The predicted octanol–water partition coefficient (Wildman–Crippen LogP) is 3.17. The Bertz CT molecular complexity index is 428. The van der Waals surface area contributed by atoms with Crippen LogP contribution < -0.4 is 11.1 Å². The standard InChI is InChI=1S/C14H21BrN2OS/c1-14(17-2,13(16)18)9-5-6-10-19-12-8-4-3-7-11(12)15/h3-4,7-8,17H,5-6,9-10H2,1-2H3,(H2,16,18). The third kappa shape index (κ3) is 5.16. The maximum atomic E-state index is 11.3. The van der Waals surface area contributed by atoms with Crippen LogP contribution in [0.5, 0.6) is 0 Å². The van der Waals surface area contributed by atoms with Crippen molar-refractivity contribution in [1.82, 2.24) is 5.32 Å². The second-order valence-electron chi connectivity index (χ2n) is 4.68. The summed E-state index contributed by atoms with van der Waals surface area (Å²) >= 11 is 5.37. The van der Waals surface area contributed by atoms with Gasteiger partial charge < -0.3 is 11.1 Å². The van der Waals surface area contributed by atoms with Crippen LogP contribution >= 0.6 is 27.7 Å². The van der Waals surface area contributed by atoms with Crippen molar-refractivity contribution in [2.24, 2.45) is 5.73 Å². The molecule has 1 atom stereocenters. The molecule has 5 heteroatoms. The highest BCUT2D eigenvalue weighted by Crippen LogP contribution is 2.28. The Morgan fingerprint density at radius 2 is 2.11 bits per heavy atom. The largest absolute Gasteiger partial charge is 0.368 e. The van der Waals surface area contributed by atoms with Crippen LogP contribution in [0.4, 0.5) is 0 Å². The molecule has 1 amide bonds. The molecule has 0 saturated carbocycles. The lowest BCUT2D eigenvalue weighted by molar-refractivity contribution is -0.123. The molecule has 106 valence electrons. The van der Waals surface area contributed by atoms with Gasteiger partial charge >= 0.3 is 0 Å². The van der Waals surface area contributed by atoms with Gasteiger partial charge in [0.15, 0.2) is 0 Å². The van der Waals surface area contributed by atoms with Crippen molar-refractivity contribution in [3.63, 3.8) is 0 Å². The minimum absolute atomic E-state index is 0.284. The smallest absolute Gasteiger partial charge is 0.237 e. The highest BCUT2D eigenvalue weighted by Gasteiger charge is 2.27. The van der Waals surface area contributed by atoms with Gasteiger partial charge in [-0.15, -0.1) is 11.8 Å². The molecule has 0 aliphatic heterocycles. The molecule has 0 bridgehead atoms. The summed E-state index contributed by atoms with van der Waals surface area (Å²) in [6.07, 6.45) is 2.82.